The first kappa shape index (κ1) is 11.7. The van der Waals surface area contributed by atoms with Crippen LogP contribution in [0.15, 0.2) is 18.2 Å². The average Bonchev–Trinajstić information content (AvgIpc) is 2.38. The lowest BCUT2D eigenvalue weighted by Gasteiger charge is -2.47. The molecule has 2 saturated heterocycles. The van der Waals surface area contributed by atoms with Crippen LogP contribution in [0.4, 0.5) is 11.4 Å². The van der Waals surface area contributed by atoms with Crippen molar-refractivity contribution in [2.75, 3.05) is 44.0 Å². The third-order valence-corrected chi connectivity index (χ3v) is 4.22. The molecule has 0 aromatic heterocycles. The van der Waals surface area contributed by atoms with Crippen molar-refractivity contribution in [1.29, 1.82) is 0 Å². The smallest absolute Gasteiger partial charge is 0.143 e. The predicted molar refractivity (Wildman–Crippen MR) is 72.1 cm³/mol. The molecule has 0 bridgehead atoms. The van der Waals surface area contributed by atoms with E-state index < -0.39 is 0 Å². The van der Waals surface area contributed by atoms with Gasteiger partial charge in [0.05, 0.1) is 26.0 Å². The molecule has 0 unspecified atom stereocenters. The van der Waals surface area contributed by atoms with E-state index in [2.05, 4.69) is 11.0 Å². The number of piperidine rings is 1. The van der Waals surface area contributed by atoms with Gasteiger partial charge in [0.25, 0.3) is 0 Å². The van der Waals surface area contributed by atoms with E-state index in [4.69, 9.17) is 15.2 Å². The molecule has 3 rings (SSSR count). The third-order valence-electron chi connectivity index (χ3n) is 4.22. The number of ether oxygens (including phenoxy) is 2. The van der Waals surface area contributed by atoms with Gasteiger partial charge < -0.3 is 20.1 Å². The molecule has 4 nitrogen and oxygen atoms in total. The topological polar surface area (TPSA) is 47.7 Å². The van der Waals surface area contributed by atoms with E-state index in [0.717, 1.165) is 32.1 Å². The number of nitrogens with zero attached hydrogens (tertiary/aromatic N) is 1. The first-order valence-corrected chi connectivity index (χ1v) is 6.49. The van der Waals surface area contributed by atoms with Gasteiger partial charge in [-0.1, -0.05) is 0 Å². The highest BCUT2D eigenvalue weighted by Gasteiger charge is 2.41. The first-order valence-electron chi connectivity index (χ1n) is 6.49. The van der Waals surface area contributed by atoms with Gasteiger partial charge in [0.1, 0.15) is 5.75 Å². The van der Waals surface area contributed by atoms with Gasteiger partial charge in [-0.3, -0.25) is 0 Å². The van der Waals surface area contributed by atoms with Crippen LogP contribution in [0.3, 0.4) is 0 Å². The Hall–Kier alpha value is -1.42. The van der Waals surface area contributed by atoms with Gasteiger partial charge in [0.15, 0.2) is 0 Å². The van der Waals surface area contributed by atoms with Crippen molar-refractivity contribution >= 4 is 11.4 Å². The van der Waals surface area contributed by atoms with Crippen molar-refractivity contribution in [1.82, 2.24) is 0 Å². The molecule has 1 aromatic carbocycles. The van der Waals surface area contributed by atoms with Crippen LogP contribution in [0.25, 0.3) is 0 Å². The minimum atomic E-state index is 0.481. The minimum absolute atomic E-state index is 0.481. The normalized spacial score (nSPS) is 21.7. The molecule has 4 heteroatoms. The molecule has 98 valence electrons. The quantitative estimate of drug-likeness (QED) is 0.812. The fraction of sp³-hybridized carbons (Fsp3) is 0.571. The molecule has 2 N–H and O–H groups in total. The summed E-state index contributed by atoms with van der Waals surface area (Å²) in [5.41, 5.74) is 8.22. The van der Waals surface area contributed by atoms with Crippen molar-refractivity contribution in [2.45, 2.75) is 12.8 Å². The summed E-state index contributed by atoms with van der Waals surface area (Å²) in [6.45, 7) is 4.09. The van der Waals surface area contributed by atoms with E-state index in [1.54, 1.807) is 7.11 Å². The Morgan fingerprint density at radius 1 is 1.28 bits per heavy atom. The van der Waals surface area contributed by atoms with Crippen LogP contribution in [0.1, 0.15) is 12.8 Å². The largest absolute Gasteiger partial charge is 0.495 e. The zero-order valence-electron chi connectivity index (χ0n) is 10.8. The van der Waals surface area contributed by atoms with Crippen LogP contribution in [-0.2, 0) is 4.74 Å². The van der Waals surface area contributed by atoms with Gasteiger partial charge in [0.2, 0.25) is 0 Å². The van der Waals surface area contributed by atoms with Crippen LogP contribution < -0.4 is 15.4 Å². The number of rotatable bonds is 2. The maximum atomic E-state index is 5.84. The van der Waals surface area contributed by atoms with Crippen molar-refractivity contribution < 1.29 is 9.47 Å². The van der Waals surface area contributed by atoms with E-state index in [-0.39, 0.29) is 0 Å². The minimum Gasteiger partial charge on any atom is -0.495 e. The molecule has 0 aliphatic carbocycles. The van der Waals surface area contributed by atoms with Crippen LogP contribution in [0, 0.1) is 5.41 Å². The van der Waals surface area contributed by atoms with E-state index in [1.807, 2.05) is 12.1 Å². The molecule has 0 amide bonds. The third kappa shape index (κ3) is 1.90. The van der Waals surface area contributed by atoms with E-state index in [1.165, 1.54) is 18.5 Å². The Morgan fingerprint density at radius 2 is 2.00 bits per heavy atom. The molecule has 18 heavy (non-hydrogen) atoms. The molecular weight excluding hydrogens is 228 g/mol. The molecule has 1 spiro atoms. The fourth-order valence-electron chi connectivity index (χ4n) is 2.82. The van der Waals surface area contributed by atoms with Crippen LogP contribution in [0.5, 0.6) is 5.75 Å². The van der Waals surface area contributed by atoms with Crippen LogP contribution in [-0.4, -0.2) is 33.4 Å². The Labute approximate surface area is 108 Å². The Balaban J connectivity index is 1.72. The number of nitrogens with two attached hydrogens (primary N) is 1. The molecule has 0 atom stereocenters. The molecular formula is C14H20N2O2. The van der Waals surface area contributed by atoms with Gasteiger partial charge in [0, 0.05) is 30.3 Å². The molecule has 2 aliphatic heterocycles. The highest BCUT2D eigenvalue weighted by Crippen LogP contribution is 2.40. The Morgan fingerprint density at radius 3 is 2.56 bits per heavy atom. The molecule has 0 saturated carbocycles. The number of benzene rings is 1. The summed E-state index contributed by atoms with van der Waals surface area (Å²) in [4.78, 5) is 2.41. The second-order valence-electron chi connectivity index (χ2n) is 5.41. The standard InChI is InChI=1S/C14H20N2O2/c1-17-13-8-11(2-3-12(13)15)16-6-4-14(5-7-16)9-18-10-14/h2-3,8H,4-7,9-10,15H2,1H3. The molecule has 2 aliphatic rings. The average molecular weight is 248 g/mol. The Kier molecular flexibility index (Phi) is 2.82. The molecule has 1 aromatic rings. The van der Waals surface area contributed by atoms with Gasteiger partial charge >= 0.3 is 0 Å². The van der Waals surface area contributed by atoms with E-state index in [0.29, 0.717) is 11.1 Å². The summed E-state index contributed by atoms with van der Waals surface area (Å²) < 4.78 is 10.6. The lowest BCUT2D eigenvalue weighted by Crippen LogP contribution is -2.50. The van der Waals surface area contributed by atoms with E-state index in [9.17, 15) is 0 Å². The van der Waals surface area contributed by atoms with Crippen molar-refractivity contribution in [3.05, 3.63) is 18.2 Å². The van der Waals surface area contributed by atoms with E-state index >= 15 is 0 Å². The number of nitrogen functional groups attached to an aromatic ring is 1. The van der Waals surface area contributed by atoms with Gasteiger partial charge in [-0.25, -0.2) is 0 Å². The van der Waals surface area contributed by atoms with Crippen molar-refractivity contribution in [3.63, 3.8) is 0 Å². The lowest BCUT2D eigenvalue weighted by molar-refractivity contribution is -0.124. The summed E-state index contributed by atoms with van der Waals surface area (Å²) in [6, 6.07) is 6.03. The maximum absolute atomic E-state index is 5.84. The summed E-state index contributed by atoms with van der Waals surface area (Å²) in [7, 11) is 1.66. The fourth-order valence-corrected chi connectivity index (χ4v) is 2.82. The maximum Gasteiger partial charge on any atom is 0.143 e. The number of anilines is 2. The summed E-state index contributed by atoms with van der Waals surface area (Å²) in [5.74, 6) is 0.764. The van der Waals surface area contributed by atoms with Crippen molar-refractivity contribution in [2.24, 2.45) is 5.41 Å². The lowest BCUT2D eigenvalue weighted by atomic mass is 9.77. The number of hydrogen-bond donors (Lipinski definition) is 1. The highest BCUT2D eigenvalue weighted by molar-refractivity contribution is 5.62. The molecule has 2 heterocycles. The summed E-state index contributed by atoms with van der Waals surface area (Å²) in [6.07, 6.45) is 2.44. The first-order chi connectivity index (χ1) is 8.72. The highest BCUT2D eigenvalue weighted by atomic mass is 16.5. The molecule has 0 radical (unpaired) electrons. The second kappa shape index (κ2) is 4.35. The monoisotopic (exact) mass is 248 g/mol. The zero-order chi connectivity index (χ0) is 12.6. The second-order valence-corrected chi connectivity index (χ2v) is 5.41. The SMILES string of the molecule is COc1cc(N2CCC3(CC2)COC3)ccc1N. The van der Waals surface area contributed by atoms with Crippen LogP contribution >= 0.6 is 0 Å². The number of methoxy groups -OCH3 is 1. The summed E-state index contributed by atoms with van der Waals surface area (Å²) in [5, 5.41) is 0. The predicted octanol–water partition coefficient (Wildman–Crippen LogP) is 1.89. The summed E-state index contributed by atoms with van der Waals surface area (Å²) >= 11 is 0. The van der Waals surface area contributed by atoms with Gasteiger partial charge in [-0.15, -0.1) is 0 Å². The van der Waals surface area contributed by atoms with Crippen LogP contribution in [0.2, 0.25) is 0 Å². The van der Waals surface area contributed by atoms with Crippen molar-refractivity contribution in [3.8, 4) is 5.75 Å². The van der Waals surface area contributed by atoms with Gasteiger partial charge in [-0.2, -0.15) is 0 Å². The Bertz CT molecular complexity index is 433. The molecule has 2 fully saturated rings. The van der Waals surface area contributed by atoms with Gasteiger partial charge in [-0.05, 0) is 25.0 Å². The zero-order valence-corrected chi connectivity index (χ0v) is 10.8. The number of hydrogen-bond acceptors (Lipinski definition) is 4.